The van der Waals surface area contributed by atoms with E-state index in [2.05, 4.69) is 20.2 Å². The van der Waals surface area contributed by atoms with Gasteiger partial charge in [0.2, 0.25) is 0 Å². The van der Waals surface area contributed by atoms with Crippen LogP contribution in [0.4, 0.5) is 0 Å². The number of oxazole rings is 1. The Labute approximate surface area is 141 Å². The standard InChI is InChI=1S/C17H22N4O3/c1-11(2)19-16(22)17-20-14-10-21(7-6-15(14)24-17)9-12-4-5-13(23-3)8-18-12/h4-5,8,11H,6-7,9-10H2,1-3H3,(H,19,22). The monoisotopic (exact) mass is 330 g/mol. The molecule has 0 aromatic carbocycles. The third kappa shape index (κ3) is 3.73. The van der Waals surface area contributed by atoms with Crippen LogP contribution in [0.3, 0.4) is 0 Å². The summed E-state index contributed by atoms with van der Waals surface area (Å²) in [4.78, 5) is 23.0. The van der Waals surface area contributed by atoms with Crippen LogP contribution in [-0.2, 0) is 19.5 Å². The molecule has 7 heteroatoms. The second-order valence-corrected chi connectivity index (χ2v) is 6.17. The van der Waals surface area contributed by atoms with Gasteiger partial charge in [0.15, 0.2) is 0 Å². The van der Waals surface area contributed by atoms with Crippen molar-refractivity contribution >= 4 is 5.91 Å². The largest absolute Gasteiger partial charge is 0.495 e. The zero-order valence-corrected chi connectivity index (χ0v) is 14.2. The molecule has 0 unspecified atom stereocenters. The third-order valence-electron chi connectivity index (χ3n) is 3.84. The van der Waals surface area contributed by atoms with Crippen molar-refractivity contribution in [3.05, 3.63) is 41.4 Å². The number of rotatable bonds is 5. The molecule has 1 aliphatic heterocycles. The first-order valence-electron chi connectivity index (χ1n) is 8.06. The Kier molecular flexibility index (Phi) is 4.80. The highest BCUT2D eigenvalue weighted by Crippen LogP contribution is 2.21. The molecule has 0 aliphatic carbocycles. The zero-order chi connectivity index (χ0) is 17.1. The maximum atomic E-state index is 12.0. The van der Waals surface area contributed by atoms with Crippen LogP contribution in [0.15, 0.2) is 22.7 Å². The molecule has 2 aromatic rings. The number of methoxy groups -OCH3 is 1. The van der Waals surface area contributed by atoms with Gasteiger partial charge in [0.1, 0.15) is 11.5 Å². The number of nitrogens with zero attached hydrogens (tertiary/aromatic N) is 3. The molecular formula is C17H22N4O3. The highest BCUT2D eigenvalue weighted by Gasteiger charge is 2.25. The van der Waals surface area contributed by atoms with Gasteiger partial charge in [-0.15, -0.1) is 0 Å². The normalized spacial score (nSPS) is 14.5. The molecule has 24 heavy (non-hydrogen) atoms. The maximum absolute atomic E-state index is 12.0. The van der Waals surface area contributed by atoms with Crippen LogP contribution >= 0.6 is 0 Å². The molecule has 2 aromatic heterocycles. The van der Waals surface area contributed by atoms with Gasteiger partial charge in [-0.05, 0) is 26.0 Å². The van der Waals surface area contributed by atoms with Gasteiger partial charge in [0.25, 0.3) is 5.89 Å². The SMILES string of the molecule is COc1ccc(CN2CCc3oc(C(=O)NC(C)C)nc3C2)nc1. The van der Waals surface area contributed by atoms with Crippen LogP contribution in [0.1, 0.15) is 41.7 Å². The number of carbonyl (C=O) groups is 1. The summed E-state index contributed by atoms with van der Waals surface area (Å²) in [5.41, 5.74) is 1.81. The van der Waals surface area contributed by atoms with Crippen molar-refractivity contribution in [1.29, 1.82) is 0 Å². The number of amides is 1. The fourth-order valence-electron chi connectivity index (χ4n) is 2.66. The molecule has 0 saturated carbocycles. The van der Waals surface area contributed by atoms with Crippen molar-refractivity contribution in [2.45, 2.75) is 39.4 Å². The van der Waals surface area contributed by atoms with Crippen molar-refractivity contribution in [1.82, 2.24) is 20.2 Å². The van der Waals surface area contributed by atoms with Crippen LogP contribution in [0.5, 0.6) is 5.75 Å². The van der Waals surface area contributed by atoms with Crippen molar-refractivity contribution in [3.8, 4) is 5.75 Å². The summed E-state index contributed by atoms with van der Waals surface area (Å²) in [6.45, 7) is 6.04. The molecule has 1 N–H and O–H groups in total. The summed E-state index contributed by atoms with van der Waals surface area (Å²) in [5, 5.41) is 2.80. The topological polar surface area (TPSA) is 80.5 Å². The van der Waals surface area contributed by atoms with Crippen molar-refractivity contribution in [3.63, 3.8) is 0 Å². The van der Waals surface area contributed by atoms with Gasteiger partial charge in [-0.2, -0.15) is 0 Å². The molecule has 0 atom stereocenters. The number of carbonyl (C=O) groups excluding carboxylic acids is 1. The van der Waals surface area contributed by atoms with Gasteiger partial charge in [-0.25, -0.2) is 4.98 Å². The molecule has 7 nitrogen and oxygen atoms in total. The first-order valence-corrected chi connectivity index (χ1v) is 8.06. The van der Waals surface area contributed by atoms with Crippen LogP contribution < -0.4 is 10.1 Å². The van der Waals surface area contributed by atoms with Gasteiger partial charge in [0, 0.05) is 32.1 Å². The molecule has 1 aliphatic rings. The average molecular weight is 330 g/mol. The van der Waals surface area contributed by atoms with E-state index in [1.807, 2.05) is 26.0 Å². The molecule has 0 saturated heterocycles. The maximum Gasteiger partial charge on any atom is 0.307 e. The summed E-state index contributed by atoms with van der Waals surface area (Å²) in [6.07, 6.45) is 2.46. The first kappa shape index (κ1) is 16.4. The van der Waals surface area contributed by atoms with Crippen molar-refractivity contribution in [2.24, 2.45) is 0 Å². The Balaban J connectivity index is 1.65. The molecule has 1 amide bonds. The summed E-state index contributed by atoms with van der Waals surface area (Å²) in [5.74, 6) is 1.45. The summed E-state index contributed by atoms with van der Waals surface area (Å²) >= 11 is 0. The van der Waals surface area contributed by atoms with Crippen LogP contribution in [0.25, 0.3) is 0 Å². The van der Waals surface area contributed by atoms with E-state index in [9.17, 15) is 4.79 Å². The molecule has 3 rings (SSSR count). The summed E-state index contributed by atoms with van der Waals surface area (Å²) in [6, 6.07) is 3.92. The van der Waals surface area contributed by atoms with E-state index < -0.39 is 0 Å². The molecular weight excluding hydrogens is 308 g/mol. The molecule has 0 bridgehead atoms. The Bertz CT molecular complexity index is 709. The fraction of sp³-hybridized carbons (Fsp3) is 0.471. The first-order chi connectivity index (χ1) is 11.5. The Morgan fingerprint density at radius 1 is 1.46 bits per heavy atom. The van der Waals surface area contributed by atoms with Gasteiger partial charge in [0.05, 0.1) is 24.7 Å². The highest BCUT2D eigenvalue weighted by molar-refractivity contribution is 5.89. The van der Waals surface area contributed by atoms with E-state index in [-0.39, 0.29) is 17.8 Å². The van der Waals surface area contributed by atoms with Crippen molar-refractivity contribution < 1.29 is 13.9 Å². The number of hydrogen-bond acceptors (Lipinski definition) is 6. The predicted octanol–water partition coefficient (Wildman–Crippen LogP) is 1.77. The molecule has 0 fully saturated rings. The quantitative estimate of drug-likeness (QED) is 0.900. The van der Waals surface area contributed by atoms with Crippen LogP contribution in [-0.4, -0.2) is 40.5 Å². The lowest BCUT2D eigenvalue weighted by Gasteiger charge is -2.24. The molecule has 0 spiro atoms. The number of nitrogens with one attached hydrogen (secondary N) is 1. The van der Waals surface area contributed by atoms with Gasteiger partial charge in [-0.3, -0.25) is 14.7 Å². The average Bonchev–Trinajstić information content (AvgIpc) is 2.98. The van der Waals surface area contributed by atoms with E-state index in [1.165, 1.54) is 0 Å². The Hall–Kier alpha value is -2.41. The minimum absolute atomic E-state index is 0.0547. The van der Waals surface area contributed by atoms with Crippen LogP contribution in [0.2, 0.25) is 0 Å². The third-order valence-corrected chi connectivity index (χ3v) is 3.84. The van der Waals surface area contributed by atoms with E-state index in [4.69, 9.17) is 9.15 Å². The number of aromatic nitrogens is 2. The number of fused-ring (bicyclic) bond motifs is 1. The molecule has 0 radical (unpaired) electrons. The second-order valence-electron chi connectivity index (χ2n) is 6.17. The van der Waals surface area contributed by atoms with E-state index >= 15 is 0 Å². The second kappa shape index (κ2) is 7.00. The minimum Gasteiger partial charge on any atom is -0.495 e. The lowest BCUT2D eigenvalue weighted by molar-refractivity contribution is 0.0906. The lowest BCUT2D eigenvalue weighted by Crippen LogP contribution is -2.30. The van der Waals surface area contributed by atoms with E-state index in [0.717, 1.165) is 42.4 Å². The minimum atomic E-state index is -0.261. The van der Waals surface area contributed by atoms with E-state index in [0.29, 0.717) is 6.54 Å². The Morgan fingerprint density at radius 2 is 2.29 bits per heavy atom. The predicted molar refractivity (Wildman–Crippen MR) is 87.7 cm³/mol. The lowest BCUT2D eigenvalue weighted by atomic mass is 10.1. The van der Waals surface area contributed by atoms with Gasteiger partial charge in [-0.1, -0.05) is 0 Å². The smallest absolute Gasteiger partial charge is 0.307 e. The highest BCUT2D eigenvalue weighted by atomic mass is 16.5. The summed E-state index contributed by atoms with van der Waals surface area (Å²) in [7, 11) is 1.63. The summed E-state index contributed by atoms with van der Waals surface area (Å²) < 4.78 is 10.7. The zero-order valence-electron chi connectivity index (χ0n) is 14.2. The number of pyridine rings is 1. The molecule has 128 valence electrons. The molecule has 3 heterocycles. The number of ether oxygens (including phenoxy) is 1. The van der Waals surface area contributed by atoms with Crippen molar-refractivity contribution in [2.75, 3.05) is 13.7 Å². The van der Waals surface area contributed by atoms with Gasteiger partial charge < -0.3 is 14.5 Å². The number of hydrogen-bond donors (Lipinski definition) is 1. The fourth-order valence-corrected chi connectivity index (χ4v) is 2.66. The Morgan fingerprint density at radius 3 is 2.96 bits per heavy atom. The van der Waals surface area contributed by atoms with Gasteiger partial charge >= 0.3 is 5.91 Å². The van der Waals surface area contributed by atoms with Crippen LogP contribution in [0, 0.1) is 0 Å². The van der Waals surface area contributed by atoms with E-state index in [1.54, 1.807) is 13.3 Å².